The van der Waals surface area contributed by atoms with Crippen LogP contribution in [0.15, 0.2) is 86.9 Å². The summed E-state index contributed by atoms with van der Waals surface area (Å²) in [6, 6.07) is 19.0. The third-order valence-corrected chi connectivity index (χ3v) is 5.35. The van der Waals surface area contributed by atoms with Crippen LogP contribution in [0.3, 0.4) is 0 Å². The molecule has 3 N–H and O–H groups in total. The van der Waals surface area contributed by atoms with Gasteiger partial charge in [0.25, 0.3) is 0 Å². The normalized spacial score (nSPS) is 11.6. The molecule has 4 rings (SSSR count). The number of rotatable bonds is 3. The topological polar surface area (TPSA) is 111 Å². The van der Waals surface area contributed by atoms with E-state index >= 15 is 0 Å². The van der Waals surface area contributed by atoms with Crippen molar-refractivity contribution in [2.24, 2.45) is 5.14 Å². The molecule has 0 saturated heterocycles. The molecule has 0 radical (unpaired) electrons. The Hall–Kier alpha value is -3.42. The van der Waals surface area contributed by atoms with Crippen LogP contribution in [-0.2, 0) is 10.0 Å². The van der Waals surface area contributed by atoms with Crippen LogP contribution in [0.4, 0.5) is 0 Å². The van der Waals surface area contributed by atoms with E-state index < -0.39 is 10.0 Å². The highest BCUT2D eigenvalue weighted by Gasteiger charge is 2.20. The van der Waals surface area contributed by atoms with Crippen molar-refractivity contribution in [2.45, 2.75) is 4.90 Å². The Balaban J connectivity index is 2.06. The standard InChI is InChI=1S/C21H15NO5S/c22-28(25,26)14-11-9-13(10-12-14)21-19(15-5-1-3-7-17(15)23)20(24)16-6-2-4-8-18(16)27-21/h1-12,23H,(H2,22,25,26). The van der Waals surface area contributed by atoms with Gasteiger partial charge in [0.1, 0.15) is 17.1 Å². The molecular formula is C21H15NO5S. The molecular weight excluding hydrogens is 378 g/mol. The Kier molecular flexibility index (Phi) is 4.26. The van der Waals surface area contributed by atoms with E-state index in [2.05, 4.69) is 0 Å². The maximum atomic E-state index is 13.2. The van der Waals surface area contributed by atoms with Crippen molar-refractivity contribution in [3.63, 3.8) is 0 Å². The van der Waals surface area contributed by atoms with Crippen LogP contribution in [0.2, 0.25) is 0 Å². The second kappa shape index (κ2) is 6.63. The highest BCUT2D eigenvalue weighted by Crippen LogP contribution is 2.36. The lowest BCUT2D eigenvalue weighted by Crippen LogP contribution is -2.12. The van der Waals surface area contributed by atoms with Gasteiger partial charge >= 0.3 is 0 Å². The van der Waals surface area contributed by atoms with Gasteiger partial charge in [0.15, 0.2) is 0 Å². The highest BCUT2D eigenvalue weighted by molar-refractivity contribution is 7.89. The first-order valence-electron chi connectivity index (χ1n) is 8.34. The van der Waals surface area contributed by atoms with Gasteiger partial charge in [-0.25, -0.2) is 13.6 Å². The van der Waals surface area contributed by atoms with Gasteiger partial charge in [-0.15, -0.1) is 0 Å². The lowest BCUT2D eigenvalue weighted by Gasteiger charge is -2.12. The summed E-state index contributed by atoms with van der Waals surface area (Å²) in [6.07, 6.45) is 0. The zero-order valence-corrected chi connectivity index (χ0v) is 15.3. The minimum Gasteiger partial charge on any atom is -0.507 e. The molecule has 140 valence electrons. The monoisotopic (exact) mass is 393 g/mol. The van der Waals surface area contributed by atoms with Crippen LogP contribution in [0.5, 0.6) is 5.75 Å². The number of benzene rings is 3. The molecule has 0 aliphatic heterocycles. The Morgan fingerprint density at radius 2 is 1.50 bits per heavy atom. The van der Waals surface area contributed by atoms with Crippen LogP contribution in [0, 0.1) is 0 Å². The Morgan fingerprint density at radius 1 is 0.857 bits per heavy atom. The molecule has 0 amide bonds. The predicted octanol–water partition coefficient (Wildman–Crippen LogP) is 3.48. The van der Waals surface area contributed by atoms with Crippen molar-refractivity contribution in [3.05, 3.63) is 83.0 Å². The van der Waals surface area contributed by atoms with Crippen molar-refractivity contribution in [2.75, 3.05) is 0 Å². The van der Waals surface area contributed by atoms with Gasteiger partial charge in [-0.1, -0.05) is 30.3 Å². The fourth-order valence-corrected chi connectivity index (χ4v) is 3.59. The smallest absolute Gasteiger partial charge is 0.238 e. The molecule has 0 spiro atoms. The third kappa shape index (κ3) is 3.06. The van der Waals surface area contributed by atoms with E-state index in [1.807, 2.05) is 0 Å². The van der Waals surface area contributed by atoms with E-state index in [-0.39, 0.29) is 27.4 Å². The number of fused-ring (bicyclic) bond motifs is 1. The molecule has 6 nitrogen and oxygen atoms in total. The largest absolute Gasteiger partial charge is 0.507 e. The molecule has 0 bridgehead atoms. The lowest BCUT2D eigenvalue weighted by molar-refractivity contribution is 0.477. The van der Waals surface area contributed by atoms with Crippen LogP contribution in [0.1, 0.15) is 0 Å². The zero-order valence-electron chi connectivity index (χ0n) is 14.5. The molecule has 4 aromatic rings. The van der Waals surface area contributed by atoms with Crippen molar-refractivity contribution >= 4 is 21.0 Å². The maximum Gasteiger partial charge on any atom is 0.238 e. The first-order valence-corrected chi connectivity index (χ1v) is 9.88. The zero-order chi connectivity index (χ0) is 19.9. The first-order chi connectivity index (χ1) is 13.4. The summed E-state index contributed by atoms with van der Waals surface area (Å²) in [5.74, 6) is 0.165. The molecule has 1 aromatic heterocycles. The van der Waals surface area contributed by atoms with Crippen molar-refractivity contribution in [3.8, 4) is 28.2 Å². The highest BCUT2D eigenvalue weighted by atomic mass is 32.2. The minimum absolute atomic E-state index is 0.0523. The van der Waals surface area contributed by atoms with Gasteiger partial charge in [-0.05, 0) is 42.5 Å². The molecule has 0 saturated carbocycles. The van der Waals surface area contributed by atoms with E-state index in [0.717, 1.165) is 0 Å². The van der Waals surface area contributed by atoms with Crippen molar-refractivity contribution in [1.82, 2.24) is 0 Å². The fraction of sp³-hybridized carbons (Fsp3) is 0. The Labute approximate surface area is 160 Å². The van der Waals surface area contributed by atoms with Gasteiger partial charge in [0.2, 0.25) is 15.5 Å². The summed E-state index contributed by atoms with van der Waals surface area (Å²) in [4.78, 5) is 13.2. The van der Waals surface area contributed by atoms with E-state index in [1.54, 1.807) is 42.5 Å². The second-order valence-electron chi connectivity index (χ2n) is 6.22. The van der Waals surface area contributed by atoms with Crippen LogP contribution < -0.4 is 10.6 Å². The molecule has 0 atom stereocenters. The number of phenols is 1. The number of hydrogen-bond acceptors (Lipinski definition) is 5. The average molecular weight is 393 g/mol. The van der Waals surface area contributed by atoms with E-state index in [0.29, 0.717) is 22.1 Å². The molecule has 0 aliphatic rings. The predicted molar refractivity (Wildman–Crippen MR) is 106 cm³/mol. The van der Waals surface area contributed by atoms with Crippen LogP contribution in [0.25, 0.3) is 33.4 Å². The van der Waals surface area contributed by atoms with Gasteiger partial charge in [0, 0.05) is 11.1 Å². The lowest BCUT2D eigenvalue weighted by atomic mass is 9.97. The number of primary sulfonamides is 1. The number of para-hydroxylation sites is 2. The first kappa shape index (κ1) is 18.0. The summed E-state index contributed by atoms with van der Waals surface area (Å²) in [5.41, 5.74) is 1.09. The van der Waals surface area contributed by atoms with Crippen molar-refractivity contribution < 1.29 is 17.9 Å². The average Bonchev–Trinajstić information content (AvgIpc) is 2.68. The molecule has 0 fully saturated rings. The van der Waals surface area contributed by atoms with Gasteiger partial charge < -0.3 is 9.52 Å². The Bertz CT molecular complexity index is 1360. The van der Waals surface area contributed by atoms with Crippen molar-refractivity contribution in [1.29, 1.82) is 0 Å². The molecule has 3 aromatic carbocycles. The maximum absolute atomic E-state index is 13.2. The minimum atomic E-state index is -3.85. The number of sulfonamides is 1. The fourth-order valence-electron chi connectivity index (χ4n) is 3.07. The van der Waals surface area contributed by atoms with Crippen LogP contribution in [-0.4, -0.2) is 13.5 Å². The summed E-state index contributed by atoms with van der Waals surface area (Å²) in [5, 5.41) is 15.8. The summed E-state index contributed by atoms with van der Waals surface area (Å²) in [7, 11) is -3.85. The quantitative estimate of drug-likeness (QED) is 0.554. The molecule has 0 unspecified atom stereocenters. The number of phenolic OH excluding ortho intramolecular Hbond substituents is 1. The van der Waals surface area contributed by atoms with Gasteiger partial charge in [0.05, 0.1) is 15.8 Å². The molecule has 7 heteroatoms. The van der Waals surface area contributed by atoms with E-state index in [1.165, 1.54) is 30.3 Å². The number of aromatic hydroxyl groups is 1. The second-order valence-corrected chi connectivity index (χ2v) is 7.78. The number of nitrogens with two attached hydrogens (primary N) is 1. The summed E-state index contributed by atoms with van der Waals surface area (Å²) in [6.45, 7) is 0. The SMILES string of the molecule is NS(=O)(=O)c1ccc(-c2oc3ccccc3c(=O)c2-c2ccccc2O)cc1. The van der Waals surface area contributed by atoms with E-state index in [4.69, 9.17) is 9.56 Å². The van der Waals surface area contributed by atoms with Gasteiger partial charge in [-0.3, -0.25) is 4.79 Å². The molecule has 1 heterocycles. The summed E-state index contributed by atoms with van der Waals surface area (Å²) < 4.78 is 29.0. The Morgan fingerprint density at radius 3 is 2.18 bits per heavy atom. The van der Waals surface area contributed by atoms with Gasteiger partial charge in [-0.2, -0.15) is 0 Å². The number of hydrogen-bond donors (Lipinski definition) is 2. The summed E-state index contributed by atoms with van der Waals surface area (Å²) >= 11 is 0. The molecule has 28 heavy (non-hydrogen) atoms. The third-order valence-electron chi connectivity index (χ3n) is 4.42. The molecule has 0 aliphatic carbocycles. The van der Waals surface area contributed by atoms with E-state index in [9.17, 15) is 18.3 Å². The van der Waals surface area contributed by atoms with Crippen LogP contribution >= 0.6 is 0 Å².